The van der Waals surface area contributed by atoms with E-state index in [0.717, 1.165) is 50.2 Å². The number of carboxylic acids is 1. The number of nitrogens with zero attached hydrogens (tertiary/aromatic N) is 3. The van der Waals surface area contributed by atoms with Gasteiger partial charge in [0.05, 0.1) is 0 Å². The molecule has 1 aromatic rings. The van der Waals surface area contributed by atoms with Crippen LogP contribution in [0.5, 0.6) is 0 Å². The number of urea groups is 1. The molecule has 0 saturated carbocycles. The summed E-state index contributed by atoms with van der Waals surface area (Å²) in [6, 6.07) is 2.59. The molecular formula is C25H41F2N5O4. The standard InChI is InChI=1S/C25H41F2N5O4/c1-4-32(5-2)25(35)30-20(24(33)34)13-16-31(17-21(36-3)22(26)27)15-7-6-10-19-12-11-18-9-8-14-28-23(18)29-19/h11-12,20-22H,4-10,13-17H2,1-3H3,(H,28,29)(H,30,35)(H,33,34). The number of carbonyl (C=O) groups is 2. The maximum absolute atomic E-state index is 13.4. The van der Waals surface area contributed by atoms with E-state index in [9.17, 15) is 23.5 Å². The van der Waals surface area contributed by atoms with Crippen LogP contribution in [0.2, 0.25) is 0 Å². The summed E-state index contributed by atoms with van der Waals surface area (Å²) in [6.45, 7) is 6.19. The van der Waals surface area contributed by atoms with Gasteiger partial charge in [0.1, 0.15) is 18.0 Å². The molecule has 204 valence electrons. The third kappa shape index (κ3) is 9.50. The molecule has 0 fully saturated rings. The number of hydrogen-bond donors (Lipinski definition) is 3. The highest BCUT2D eigenvalue weighted by molar-refractivity contribution is 5.82. The summed E-state index contributed by atoms with van der Waals surface area (Å²) in [6.07, 6.45) is 0.623. The Morgan fingerprint density at radius 3 is 2.61 bits per heavy atom. The van der Waals surface area contributed by atoms with Crippen molar-refractivity contribution >= 4 is 17.8 Å². The van der Waals surface area contributed by atoms with Gasteiger partial charge in [0, 0.05) is 45.5 Å². The van der Waals surface area contributed by atoms with Crippen LogP contribution in [0.1, 0.15) is 50.8 Å². The van der Waals surface area contributed by atoms with Crippen LogP contribution in [0.4, 0.5) is 19.4 Å². The molecule has 2 amide bonds. The average molecular weight is 514 g/mol. The molecule has 3 N–H and O–H groups in total. The molecule has 0 aromatic carbocycles. The third-order valence-electron chi connectivity index (χ3n) is 6.51. The zero-order chi connectivity index (χ0) is 26.5. The molecule has 11 heteroatoms. The van der Waals surface area contributed by atoms with Crippen LogP contribution in [-0.2, 0) is 22.4 Å². The first-order chi connectivity index (χ1) is 17.3. The van der Waals surface area contributed by atoms with Gasteiger partial charge in [-0.15, -0.1) is 0 Å². The first-order valence-corrected chi connectivity index (χ1v) is 12.8. The Balaban J connectivity index is 1.93. The van der Waals surface area contributed by atoms with E-state index in [4.69, 9.17) is 9.72 Å². The van der Waals surface area contributed by atoms with E-state index in [0.29, 0.717) is 19.6 Å². The van der Waals surface area contributed by atoms with Gasteiger partial charge in [0.15, 0.2) is 0 Å². The van der Waals surface area contributed by atoms with Crippen molar-refractivity contribution in [2.24, 2.45) is 0 Å². The molecule has 0 radical (unpaired) electrons. The van der Waals surface area contributed by atoms with Crippen LogP contribution in [-0.4, -0.2) is 96.8 Å². The maximum Gasteiger partial charge on any atom is 0.326 e. The lowest BCUT2D eigenvalue weighted by Crippen LogP contribution is -2.49. The molecule has 36 heavy (non-hydrogen) atoms. The Kier molecular flexibility index (Phi) is 12.8. The van der Waals surface area contributed by atoms with Gasteiger partial charge in [-0.05, 0) is 70.5 Å². The smallest absolute Gasteiger partial charge is 0.326 e. The minimum atomic E-state index is -2.65. The highest BCUT2D eigenvalue weighted by Gasteiger charge is 2.26. The van der Waals surface area contributed by atoms with Crippen LogP contribution in [0.15, 0.2) is 12.1 Å². The van der Waals surface area contributed by atoms with Gasteiger partial charge in [0.25, 0.3) is 6.43 Å². The number of halogens is 2. The predicted octanol–water partition coefficient (Wildman–Crippen LogP) is 3.24. The third-order valence-corrected chi connectivity index (χ3v) is 6.51. The molecule has 0 bridgehead atoms. The molecule has 0 saturated heterocycles. The first kappa shape index (κ1) is 29.7. The number of aromatic nitrogens is 1. The van der Waals surface area contributed by atoms with Crippen LogP contribution in [0.3, 0.4) is 0 Å². The number of nitrogens with one attached hydrogen (secondary N) is 2. The van der Waals surface area contributed by atoms with Crippen LogP contribution < -0.4 is 10.6 Å². The number of aliphatic carboxylic acids is 1. The quantitative estimate of drug-likeness (QED) is 0.291. The number of anilines is 1. The molecule has 2 heterocycles. The van der Waals surface area contributed by atoms with Gasteiger partial charge in [-0.25, -0.2) is 23.4 Å². The summed E-state index contributed by atoms with van der Waals surface area (Å²) in [4.78, 5) is 32.1. The number of alkyl halides is 2. The molecular weight excluding hydrogens is 472 g/mol. The molecule has 0 aliphatic carbocycles. The highest BCUT2D eigenvalue weighted by atomic mass is 19.3. The Hall–Kier alpha value is -2.53. The number of pyridine rings is 1. The minimum absolute atomic E-state index is 0.0223. The number of rotatable bonds is 16. The SMILES string of the molecule is CCN(CC)C(=O)NC(CCN(CCCCc1ccc2c(n1)NCCC2)CC(OC)C(F)F)C(=O)O. The Labute approximate surface area is 212 Å². The fraction of sp³-hybridized carbons (Fsp3) is 0.720. The summed E-state index contributed by atoms with van der Waals surface area (Å²) in [5, 5.41) is 15.5. The van der Waals surface area contributed by atoms with Crippen LogP contribution >= 0.6 is 0 Å². The monoisotopic (exact) mass is 513 g/mol. The minimum Gasteiger partial charge on any atom is -0.480 e. The molecule has 2 unspecified atom stereocenters. The van der Waals surface area contributed by atoms with E-state index in [1.165, 1.54) is 17.6 Å². The fourth-order valence-corrected chi connectivity index (χ4v) is 4.28. The zero-order valence-corrected chi connectivity index (χ0v) is 21.6. The largest absolute Gasteiger partial charge is 0.480 e. The summed E-state index contributed by atoms with van der Waals surface area (Å²) < 4.78 is 31.7. The molecule has 2 rings (SSSR count). The number of carbonyl (C=O) groups excluding carboxylic acids is 1. The molecule has 1 aromatic heterocycles. The number of carboxylic acid groups (broad SMARTS) is 1. The number of amides is 2. The molecule has 1 aliphatic rings. The zero-order valence-electron chi connectivity index (χ0n) is 21.6. The number of ether oxygens (including phenoxy) is 1. The molecule has 0 spiro atoms. The Morgan fingerprint density at radius 1 is 1.22 bits per heavy atom. The van der Waals surface area contributed by atoms with Gasteiger partial charge in [0.2, 0.25) is 0 Å². The van der Waals surface area contributed by atoms with Gasteiger partial charge in [-0.3, -0.25) is 0 Å². The first-order valence-electron chi connectivity index (χ1n) is 12.8. The van der Waals surface area contributed by atoms with Crippen molar-refractivity contribution in [2.75, 3.05) is 51.7 Å². The normalized spacial score (nSPS) is 14.8. The van der Waals surface area contributed by atoms with E-state index in [2.05, 4.69) is 16.7 Å². The van der Waals surface area contributed by atoms with E-state index in [-0.39, 0.29) is 19.5 Å². The van der Waals surface area contributed by atoms with Gasteiger partial charge in [-0.1, -0.05) is 6.07 Å². The number of aryl methyl sites for hydroxylation is 2. The lowest BCUT2D eigenvalue weighted by Gasteiger charge is -2.28. The number of methoxy groups -OCH3 is 1. The molecule has 9 nitrogen and oxygen atoms in total. The van der Waals surface area contributed by atoms with Crippen molar-refractivity contribution < 1.29 is 28.2 Å². The van der Waals surface area contributed by atoms with Crippen LogP contribution in [0.25, 0.3) is 0 Å². The van der Waals surface area contributed by atoms with E-state index in [1.807, 2.05) is 19.9 Å². The average Bonchev–Trinajstić information content (AvgIpc) is 2.87. The second kappa shape index (κ2) is 15.6. The van der Waals surface area contributed by atoms with Crippen molar-refractivity contribution in [3.8, 4) is 0 Å². The number of fused-ring (bicyclic) bond motifs is 1. The predicted molar refractivity (Wildman–Crippen MR) is 135 cm³/mol. The van der Waals surface area contributed by atoms with Crippen molar-refractivity contribution in [2.45, 2.75) is 70.9 Å². The van der Waals surface area contributed by atoms with Crippen molar-refractivity contribution in [1.29, 1.82) is 0 Å². The summed E-state index contributed by atoms with van der Waals surface area (Å²) >= 11 is 0. The fourth-order valence-electron chi connectivity index (χ4n) is 4.28. The van der Waals surface area contributed by atoms with E-state index < -0.39 is 30.6 Å². The van der Waals surface area contributed by atoms with Crippen molar-refractivity contribution in [3.63, 3.8) is 0 Å². The van der Waals surface area contributed by atoms with Gasteiger partial charge in [-0.2, -0.15) is 0 Å². The molecule has 2 atom stereocenters. The van der Waals surface area contributed by atoms with Crippen molar-refractivity contribution in [3.05, 3.63) is 23.4 Å². The lowest BCUT2D eigenvalue weighted by molar-refractivity contribution is -0.139. The summed E-state index contributed by atoms with van der Waals surface area (Å²) in [5.74, 6) is -0.202. The molecule has 1 aliphatic heterocycles. The van der Waals surface area contributed by atoms with Crippen LogP contribution in [0, 0.1) is 0 Å². The highest BCUT2D eigenvalue weighted by Crippen LogP contribution is 2.20. The summed E-state index contributed by atoms with van der Waals surface area (Å²) in [7, 11) is 1.25. The van der Waals surface area contributed by atoms with Crippen molar-refractivity contribution in [1.82, 2.24) is 20.1 Å². The Morgan fingerprint density at radius 2 is 1.97 bits per heavy atom. The maximum atomic E-state index is 13.4. The second-order valence-corrected chi connectivity index (χ2v) is 9.01. The second-order valence-electron chi connectivity index (χ2n) is 9.01. The number of hydrogen-bond acceptors (Lipinski definition) is 6. The van der Waals surface area contributed by atoms with E-state index >= 15 is 0 Å². The topological polar surface area (TPSA) is 107 Å². The summed E-state index contributed by atoms with van der Waals surface area (Å²) in [5.41, 5.74) is 2.22. The van der Waals surface area contributed by atoms with Gasteiger partial charge >= 0.3 is 12.0 Å². The Bertz CT molecular complexity index is 826. The van der Waals surface area contributed by atoms with E-state index in [1.54, 1.807) is 4.90 Å². The van der Waals surface area contributed by atoms with Gasteiger partial charge < -0.3 is 30.3 Å². The lowest BCUT2D eigenvalue weighted by atomic mass is 10.1. The number of unbranched alkanes of at least 4 members (excludes halogenated alkanes) is 1.